The summed E-state index contributed by atoms with van der Waals surface area (Å²) in [5.74, 6) is 0.858. The molecule has 1 aliphatic carbocycles. The third-order valence-corrected chi connectivity index (χ3v) is 3.42. The van der Waals surface area contributed by atoms with Crippen molar-refractivity contribution in [2.75, 3.05) is 19.6 Å². The van der Waals surface area contributed by atoms with Gasteiger partial charge < -0.3 is 5.73 Å². The van der Waals surface area contributed by atoms with Crippen molar-refractivity contribution < 1.29 is 0 Å². The maximum atomic E-state index is 6.09. The average Bonchev–Trinajstić information content (AvgIpc) is 2.97. The first-order valence-electron chi connectivity index (χ1n) is 5.89. The summed E-state index contributed by atoms with van der Waals surface area (Å²) in [5.41, 5.74) is 7.61. The van der Waals surface area contributed by atoms with Gasteiger partial charge in [-0.05, 0) is 45.1 Å². The lowest BCUT2D eigenvalue weighted by atomic mass is 10.1. The van der Waals surface area contributed by atoms with Crippen LogP contribution in [0.1, 0.15) is 32.6 Å². The summed E-state index contributed by atoms with van der Waals surface area (Å²) in [6.07, 6.45) is 7.53. The van der Waals surface area contributed by atoms with Crippen LogP contribution in [-0.4, -0.2) is 30.6 Å². The summed E-state index contributed by atoms with van der Waals surface area (Å²) in [4.78, 5) is 2.54. The number of hydrogen-bond donors (Lipinski definition) is 1. The average molecular weight is 194 g/mol. The van der Waals surface area contributed by atoms with Crippen LogP contribution in [0.2, 0.25) is 0 Å². The van der Waals surface area contributed by atoms with E-state index in [0.29, 0.717) is 6.04 Å². The van der Waals surface area contributed by atoms with Crippen LogP contribution in [-0.2, 0) is 0 Å². The Bertz CT molecular complexity index is 218. The number of hydrogen-bond acceptors (Lipinski definition) is 2. The minimum absolute atomic E-state index is 0.473. The molecule has 1 aliphatic heterocycles. The summed E-state index contributed by atoms with van der Waals surface area (Å²) in [7, 11) is 0. The second-order valence-corrected chi connectivity index (χ2v) is 4.91. The van der Waals surface area contributed by atoms with Crippen LogP contribution in [0.25, 0.3) is 0 Å². The molecule has 2 heteroatoms. The molecule has 2 aliphatic rings. The first kappa shape index (κ1) is 10.2. The van der Waals surface area contributed by atoms with Gasteiger partial charge in [0.1, 0.15) is 0 Å². The molecule has 2 nitrogen and oxygen atoms in total. The van der Waals surface area contributed by atoms with Gasteiger partial charge in [0.25, 0.3) is 0 Å². The Morgan fingerprint density at radius 1 is 1.57 bits per heavy atom. The van der Waals surface area contributed by atoms with Crippen molar-refractivity contribution in [1.82, 2.24) is 4.90 Å². The summed E-state index contributed by atoms with van der Waals surface area (Å²) in [6, 6.07) is 0.473. The minimum atomic E-state index is 0.473. The molecule has 80 valence electrons. The fourth-order valence-electron chi connectivity index (χ4n) is 2.27. The van der Waals surface area contributed by atoms with Crippen molar-refractivity contribution in [3.8, 4) is 0 Å². The molecule has 0 bridgehead atoms. The summed E-state index contributed by atoms with van der Waals surface area (Å²) >= 11 is 0. The number of rotatable bonds is 4. The highest BCUT2D eigenvalue weighted by atomic mass is 15.1. The van der Waals surface area contributed by atoms with E-state index in [1.165, 1.54) is 44.3 Å². The summed E-state index contributed by atoms with van der Waals surface area (Å²) in [6.45, 7) is 5.82. The molecule has 0 radical (unpaired) electrons. The van der Waals surface area contributed by atoms with Gasteiger partial charge in [0.2, 0.25) is 0 Å². The van der Waals surface area contributed by atoms with Gasteiger partial charge in [-0.1, -0.05) is 11.6 Å². The molecule has 1 heterocycles. The highest BCUT2D eigenvalue weighted by Gasteiger charge is 2.28. The SMILES string of the molecule is CC1=CCCN(CCC(N)C2CC2)C1. The predicted molar refractivity (Wildman–Crippen MR) is 60.1 cm³/mol. The highest BCUT2D eigenvalue weighted by Crippen LogP contribution is 2.32. The first-order chi connectivity index (χ1) is 6.75. The van der Waals surface area contributed by atoms with Gasteiger partial charge >= 0.3 is 0 Å². The zero-order valence-electron chi connectivity index (χ0n) is 9.21. The van der Waals surface area contributed by atoms with E-state index in [1.807, 2.05) is 0 Å². The standard InChI is InChI=1S/C12H22N2/c1-10-3-2-7-14(9-10)8-6-12(13)11-4-5-11/h3,11-12H,2,4-9,13H2,1H3. The molecule has 2 N–H and O–H groups in total. The lowest BCUT2D eigenvalue weighted by molar-refractivity contribution is 0.274. The predicted octanol–water partition coefficient (Wildman–Crippen LogP) is 1.77. The molecule has 0 saturated heterocycles. The van der Waals surface area contributed by atoms with E-state index in [9.17, 15) is 0 Å². The Kier molecular flexibility index (Phi) is 3.24. The van der Waals surface area contributed by atoms with Crippen molar-refractivity contribution in [2.24, 2.45) is 11.7 Å². The Balaban J connectivity index is 1.67. The van der Waals surface area contributed by atoms with Crippen molar-refractivity contribution in [1.29, 1.82) is 0 Å². The third-order valence-electron chi connectivity index (χ3n) is 3.42. The molecular formula is C12H22N2. The van der Waals surface area contributed by atoms with Gasteiger partial charge in [0.15, 0.2) is 0 Å². The molecule has 1 unspecified atom stereocenters. The molecule has 0 spiro atoms. The van der Waals surface area contributed by atoms with Crippen LogP contribution >= 0.6 is 0 Å². The quantitative estimate of drug-likeness (QED) is 0.691. The highest BCUT2D eigenvalue weighted by molar-refractivity contribution is 5.04. The van der Waals surface area contributed by atoms with Crippen LogP contribution < -0.4 is 5.73 Å². The van der Waals surface area contributed by atoms with Crippen LogP contribution in [0.4, 0.5) is 0 Å². The molecule has 0 aromatic carbocycles. The first-order valence-corrected chi connectivity index (χ1v) is 5.89. The lowest BCUT2D eigenvalue weighted by Gasteiger charge is -2.27. The molecule has 1 atom stereocenters. The zero-order chi connectivity index (χ0) is 9.97. The number of nitrogens with zero attached hydrogens (tertiary/aromatic N) is 1. The Morgan fingerprint density at radius 3 is 3.00 bits per heavy atom. The van der Waals surface area contributed by atoms with Gasteiger partial charge in [0.05, 0.1) is 0 Å². The topological polar surface area (TPSA) is 29.3 Å². The summed E-state index contributed by atoms with van der Waals surface area (Å²) < 4.78 is 0. The third kappa shape index (κ3) is 2.82. The van der Waals surface area contributed by atoms with Crippen molar-refractivity contribution in [3.63, 3.8) is 0 Å². The molecule has 2 rings (SSSR count). The maximum Gasteiger partial charge on any atom is 0.0190 e. The van der Waals surface area contributed by atoms with Crippen LogP contribution in [0.15, 0.2) is 11.6 Å². The molecule has 1 fully saturated rings. The van der Waals surface area contributed by atoms with Gasteiger partial charge in [0, 0.05) is 19.1 Å². The minimum Gasteiger partial charge on any atom is -0.327 e. The maximum absolute atomic E-state index is 6.09. The largest absolute Gasteiger partial charge is 0.327 e. The second kappa shape index (κ2) is 4.45. The Hall–Kier alpha value is -0.340. The van der Waals surface area contributed by atoms with E-state index in [1.54, 1.807) is 0 Å². The van der Waals surface area contributed by atoms with Gasteiger partial charge in [-0.2, -0.15) is 0 Å². The fraction of sp³-hybridized carbons (Fsp3) is 0.833. The second-order valence-electron chi connectivity index (χ2n) is 4.91. The van der Waals surface area contributed by atoms with Gasteiger partial charge in [-0.15, -0.1) is 0 Å². The Labute approximate surface area is 87.2 Å². The fourth-order valence-corrected chi connectivity index (χ4v) is 2.27. The molecule has 0 aromatic heterocycles. The van der Waals surface area contributed by atoms with Gasteiger partial charge in [-0.3, -0.25) is 4.90 Å². The Morgan fingerprint density at radius 2 is 2.36 bits per heavy atom. The van der Waals surface area contributed by atoms with Crippen LogP contribution in [0.5, 0.6) is 0 Å². The monoisotopic (exact) mass is 194 g/mol. The van der Waals surface area contributed by atoms with E-state index >= 15 is 0 Å². The number of nitrogens with two attached hydrogens (primary N) is 1. The molecule has 14 heavy (non-hydrogen) atoms. The van der Waals surface area contributed by atoms with Crippen molar-refractivity contribution in [2.45, 2.75) is 38.6 Å². The van der Waals surface area contributed by atoms with Crippen LogP contribution in [0, 0.1) is 5.92 Å². The smallest absolute Gasteiger partial charge is 0.0190 e. The van der Waals surface area contributed by atoms with E-state index in [0.717, 1.165) is 12.5 Å². The van der Waals surface area contributed by atoms with Gasteiger partial charge in [-0.25, -0.2) is 0 Å². The molecule has 1 saturated carbocycles. The molecule has 0 aromatic rings. The van der Waals surface area contributed by atoms with Crippen LogP contribution in [0.3, 0.4) is 0 Å². The van der Waals surface area contributed by atoms with E-state index in [4.69, 9.17) is 5.73 Å². The van der Waals surface area contributed by atoms with E-state index in [2.05, 4.69) is 17.9 Å². The lowest BCUT2D eigenvalue weighted by Crippen LogP contribution is -2.34. The molecule has 0 amide bonds. The summed E-state index contributed by atoms with van der Waals surface area (Å²) in [5, 5.41) is 0. The van der Waals surface area contributed by atoms with E-state index in [-0.39, 0.29) is 0 Å². The normalized spacial score (nSPS) is 26.0. The van der Waals surface area contributed by atoms with Crippen molar-refractivity contribution in [3.05, 3.63) is 11.6 Å². The zero-order valence-corrected chi connectivity index (χ0v) is 9.21. The van der Waals surface area contributed by atoms with E-state index < -0.39 is 0 Å². The van der Waals surface area contributed by atoms with Crippen molar-refractivity contribution >= 4 is 0 Å². The molecular weight excluding hydrogens is 172 g/mol.